The molecule has 0 atom stereocenters. The van der Waals surface area contributed by atoms with Gasteiger partial charge in [-0.25, -0.2) is 4.98 Å². The average molecular weight is 199 g/mol. The second-order valence-corrected chi connectivity index (χ2v) is 3.59. The Hall–Kier alpha value is -2.10. The van der Waals surface area contributed by atoms with E-state index in [9.17, 15) is 5.21 Å². The van der Waals surface area contributed by atoms with Crippen molar-refractivity contribution in [3.63, 3.8) is 0 Å². The molecule has 3 aromatic rings. The smallest absolute Gasteiger partial charge is 0.260 e. The monoisotopic (exact) mass is 199 g/mol. The fraction of sp³-hybridized carbons (Fsp3) is 0.0909. The first-order valence-electron chi connectivity index (χ1n) is 4.70. The van der Waals surface area contributed by atoms with E-state index in [-0.39, 0.29) is 0 Å². The number of hydrogen-bond donors (Lipinski definition) is 0. The van der Waals surface area contributed by atoms with Gasteiger partial charge in [-0.15, -0.1) is 0 Å². The van der Waals surface area contributed by atoms with Gasteiger partial charge in [0, 0.05) is 19.3 Å². The Balaban J connectivity index is 2.58. The minimum Gasteiger partial charge on any atom is -0.618 e. The van der Waals surface area contributed by atoms with Crippen LogP contribution in [-0.4, -0.2) is 9.55 Å². The summed E-state index contributed by atoms with van der Waals surface area (Å²) in [6, 6.07) is 7.34. The molecule has 0 amide bonds. The van der Waals surface area contributed by atoms with E-state index in [1.165, 1.54) is 0 Å². The molecule has 74 valence electrons. The Kier molecular flexibility index (Phi) is 1.48. The van der Waals surface area contributed by atoms with Crippen molar-refractivity contribution < 1.29 is 4.73 Å². The van der Waals surface area contributed by atoms with Crippen molar-refractivity contribution >= 4 is 22.1 Å². The average Bonchev–Trinajstić information content (AvgIpc) is 2.59. The summed E-state index contributed by atoms with van der Waals surface area (Å²) in [6.45, 7) is 0. The van der Waals surface area contributed by atoms with Gasteiger partial charge in [0.05, 0.1) is 6.20 Å². The van der Waals surface area contributed by atoms with Crippen LogP contribution < -0.4 is 4.73 Å². The molecule has 0 aliphatic carbocycles. The SMILES string of the molecule is Cn1cc2nc3ccccc3[n+]([O-])c2c1. The van der Waals surface area contributed by atoms with E-state index in [0.29, 0.717) is 11.0 Å². The standard InChI is InChI=1S/C11H9N3O/c1-13-6-9-11(7-13)14(15)10-5-3-2-4-8(10)12-9/h2-7H,1H3. The van der Waals surface area contributed by atoms with Crippen LogP contribution >= 0.6 is 0 Å². The van der Waals surface area contributed by atoms with Gasteiger partial charge in [0.15, 0.2) is 5.52 Å². The number of benzene rings is 1. The molecular weight excluding hydrogens is 190 g/mol. The quantitative estimate of drug-likeness (QED) is 0.405. The summed E-state index contributed by atoms with van der Waals surface area (Å²) in [5, 5.41) is 12.0. The van der Waals surface area contributed by atoms with Crippen LogP contribution in [0.3, 0.4) is 0 Å². The maximum Gasteiger partial charge on any atom is 0.260 e. The van der Waals surface area contributed by atoms with Crippen LogP contribution in [-0.2, 0) is 7.05 Å². The molecule has 0 saturated heterocycles. The number of para-hydroxylation sites is 2. The Morgan fingerprint density at radius 2 is 1.93 bits per heavy atom. The highest BCUT2D eigenvalue weighted by Gasteiger charge is 2.12. The second kappa shape index (κ2) is 2.70. The number of nitrogens with zero attached hydrogens (tertiary/aromatic N) is 3. The summed E-state index contributed by atoms with van der Waals surface area (Å²) in [6.07, 6.45) is 3.62. The van der Waals surface area contributed by atoms with Crippen molar-refractivity contribution in [2.75, 3.05) is 0 Å². The highest BCUT2D eigenvalue weighted by molar-refractivity contribution is 5.81. The van der Waals surface area contributed by atoms with E-state index in [2.05, 4.69) is 4.98 Å². The summed E-state index contributed by atoms with van der Waals surface area (Å²) in [5.74, 6) is 0. The molecular formula is C11H9N3O. The molecule has 0 fully saturated rings. The van der Waals surface area contributed by atoms with E-state index in [1.807, 2.05) is 36.0 Å². The fourth-order valence-corrected chi connectivity index (χ4v) is 1.79. The number of rotatable bonds is 0. The third-order valence-corrected chi connectivity index (χ3v) is 2.47. The number of aryl methyl sites for hydroxylation is 1. The van der Waals surface area contributed by atoms with E-state index >= 15 is 0 Å². The maximum atomic E-state index is 12.0. The lowest BCUT2D eigenvalue weighted by Crippen LogP contribution is -2.28. The highest BCUT2D eigenvalue weighted by Crippen LogP contribution is 2.13. The maximum absolute atomic E-state index is 12.0. The minimum atomic E-state index is 0.608. The Labute approximate surface area is 86.0 Å². The van der Waals surface area contributed by atoms with Crippen LogP contribution in [0.15, 0.2) is 36.7 Å². The van der Waals surface area contributed by atoms with Gasteiger partial charge in [-0.1, -0.05) is 12.1 Å². The minimum absolute atomic E-state index is 0.608. The summed E-state index contributed by atoms with van der Waals surface area (Å²) in [7, 11) is 1.88. The van der Waals surface area contributed by atoms with Crippen molar-refractivity contribution in [2.24, 2.45) is 7.05 Å². The van der Waals surface area contributed by atoms with Gasteiger partial charge >= 0.3 is 0 Å². The van der Waals surface area contributed by atoms with Gasteiger partial charge in [-0.05, 0) is 6.07 Å². The molecule has 2 heterocycles. The summed E-state index contributed by atoms with van der Waals surface area (Å²) >= 11 is 0. The van der Waals surface area contributed by atoms with Crippen molar-refractivity contribution in [2.45, 2.75) is 0 Å². The Bertz CT molecular complexity index is 657. The lowest BCUT2D eigenvalue weighted by molar-refractivity contribution is -0.548. The summed E-state index contributed by atoms with van der Waals surface area (Å²) in [5.41, 5.74) is 2.67. The summed E-state index contributed by atoms with van der Waals surface area (Å²) in [4.78, 5) is 4.42. The molecule has 0 N–H and O–H groups in total. The zero-order chi connectivity index (χ0) is 10.4. The lowest BCUT2D eigenvalue weighted by atomic mass is 10.3. The Morgan fingerprint density at radius 3 is 2.80 bits per heavy atom. The number of aromatic nitrogens is 3. The number of fused-ring (bicyclic) bond motifs is 2. The van der Waals surface area contributed by atoms with Crippen LogP contribution in [0.5, 0.6) is 0 Å². The molecule has 0 bridgehead atoms. The zero-order valence-electron chi connectivity index (χ0n) is 8.21. The molecule has 3 rings (SSSR count). The largest absolute Gasteiger partial charge is 0.618 e. The molecule has 0 spiro atoms. The highest BCUT2D eigenvalue weighted by atomic mass is 16.5. The topological polar surface area (TPSA) is 44.8 Å². The zero-order valence-corrected chi connectivity index (χ0v) is 8.21. The third kappa shape index (κ3) is 1.08. The van der Waals surface area contributed by atoms with Crippen molar-refractivity contribution in [3.05, 3.63) is 41.9 Å². The molecule has 4 heteroatoms. The van der Waals surface area contributed by atoms with Crippen LogP contribution in [0.4, 0.5) is 0 Å². The van der Waals surface area contributed by atoms with E-state index < -0.39 is 0 Å². The molecule has 0 aliphatic rings. The predicted molar refractivity (Wildman–Crippen MR) is 57.2 cm³/mol. The van der Waals surface area contributed by atoms with Crippen molar-refractivity contribution in [1.82, 2.24) is 9.55 Å². The molecule has 2 aromatic heterocycles. The fourth-order valence-electron chi connectivity index (χ4n) is 1.79. The van der Waals surface area contributed by atoms with Gasteiger partial charge in [-0.2, -0.15) is 4.73 Å². The van der Waals surface area contributed by atoms with Gasteiger partial charge in [0.2, 0.25) is 5.52 Å². The molecule has 0 saturated carbocycles. The lowest BCUT2D eigenvalue weighted by Gasteiger charge is -2.01. The second-order valence-electron chi connectivity index (χ2n) is 3.59. The molecule has 0 unspecified atom stereocenters. The first-order chi connectivity index (χ1) is 7.25. The van der Waals surface area contributed by atoms with Crippen LogP contribution in [0.1, 0.15) is 0 Å². The van der Waals surface area contributed by atoms with E-state index in [0.717, 1.165) is 15.8 Å². The normalized spacial score (nSPS) is 11.3. The van der Waals surface area contributed by atoms with Crippen LogP contribution in [0.25, 0.3) is 22.1 Å². The van der Waals surface area contributed by atoms with E-state index in [1.54, 1.807) is 12.3 Å². The third-order valence-electron chi connectivity index (χ3n) is 2.47. The van der Waals surface area contributed by atoms with Crippen molar-refractivity contribution in [1.29, 1.82) is 0 Å². The van der Waals surface area contributed by atoms with Crippen LogP contribution in [0, 0.1) is 5.21 Å². The van der Waals surface area contributed by atoms with Gasteiger partial charge in [0.25, 0.3) is 5.52 Å². The summed E-state index contributed by atoms with van der Waals surface area (Å²) < 4.78 is 2.77. The van der Waals surface area contributed by atoms with Gasteiger partial charge in [0.1, 0.15) is 5.52 Å². The van der Waals surface area contributed by atoms with Crippen molar-refractivity contribution in [3.8, 4) is 0 Å². The molecule has 0 radical (unpaired) electrons. The number of hydrogen-bond acceptors (Lipinski definition) is 2. The first-order valence-corrected chi connectivity index (χ1v) is 4.70. The molecule has 4 nitrogen and oxygen atoms in total. The van der Waals surface area contributed by atoms with Crippen LogP contribution in [0.2, 0.25) is 0 Å². The molecule has 15 heavy (non-hydrogen) atoms. The van der Waals surface area contributed by atoms with E-state index in [4.69, 9.17) is 0 Å². The first kappa shape index (κ1) is 8.23. The molecule has 1 aromatic carbocycles. The molecule has 0 aliphatic heterocycles. The van der Waals surface area contributed by atoms with Gasteiger partial charge in [-0.3, -0.25) is 0 Å². The Morgan fingerprint density at radius 1 is 1.13 bits per heavy atom. The van der Waals surface area contributed by atoms with Gasteiger partial charge < -0.3 is 9.77 Å². The predicted octanol–water partition coefficient (Wildman–Crippen LogP) is 1.36.